The predicted octanol–water partition coefficient (Wildman–Crippen LogP) is 1.32. The number of carbonyl (C=O) groups excluding carboxylic acids is 2. The summed E-state index contributed by atoms with van der Waals surface area (Å²) < 4.78 is 5.26. The second-order valence-electron chi connectivity index (χ2n) is 5.71. The normalized spacial score (nSPS) is 21.5. The van der Waals surface area contributed by atoms with Crippen molar-refractivity contribution in [2.24, 2.45) is 5.92 Å². The van der Waals surface area contributed by atoms with Crippen LogP contribution in [0, 0.1) is 5.92 Å². The van der Waals surface area contributed by atoms with Crippen molar-refractivity contribution >= 4 is 11.8 Å². The number of nitrogens with zero attached hydrogens (tertiary/aromatic N) is 1. The first-order valence-corrected chi connectivity index (χ1v) is 7.38. The maximum atomic E-state index is 12.2. The molecule has 1 saturated heterocycles. The van der Waals surface area contributed by atoms with E-state index in [1.807, 2.05) is 29.2 Å². The second kappa shape index (κ2) is 5.76. The highest BCUT2D eigenvalue weighted by Crippen LogP contribution is 2.32. The largest absolute Gasteiger partial charge is 0.496 e. The third kappa shape index (κ3) is 3.01. The quantitative estimate of drug-likeness (QED) is 0.889. The molecule has 0 radical (unpaired) electrons. The first-order valence-electron chi connectivity index (χ1n) is 7.38. The molecule has 1 aliphatic heterocycles. The van der Waals surface area contributed by atoms with Gasteiger partial charge in [0, 0.05) is 31.1 Å². The van der Waals surface area contributed by atoms with Crippen LogP contribution in [-0.2, 0) is 16.1 Å². The zero-order chi connectivity index (χ0) is 14.8. The van der Waals surface area contributed by atoms with Crippen molar-refractivity contribution in [3.63, 3.8) is 0 Å². The van der Waals surface area contributed by atoms with E-state index in [0.29, 0.717) is 25.6 Å². The van der Waals surface area contributed by atoms with Gasteiger partial charge in [-0.2, -0.15) is 0 Å². The van der Waals surface area contributed by atoms with Gasteiger partial charge in [0.1, 0.15) is 5.75 Å². The van der Waals surface area contributed by atoms with Crippen molar-refractivity contribution in [3.8, 4) is 5.75 Å². The summed E-state index contributed by atoms with van der Waals surface area (Å²) in [4.78, 5) is 26.0. The number of nitrogens with one attached hydrogen (secondary N) is 1. The van der Waals surface area contributed by atoms with Gasteiger partial charge in [-0.05, 0) is 18.9 Å². The van der Waals surface area contributed by atoms with Crippen molar-refractivity contribution < 1.29 is 14.3 Å². The summed E-state index contributed by atoms with van der Waals surface area (Å²) in [5, 5.41) is 2.92. The van der Waals surface area contributed by atoms with Gasteiger partial charge in [-0.25, -0.2) is 0 Å². The molecule has 2 aliphatic rings. The van der Waals surface area contributed by atoms with Gasteiger partial charge in [0.05, 0.1) is 13.0 Å². The molecule has 1 atom stereocenters. The van der Waals surface area contributed by atoms with Crippen molar-refractivity contribution in [2.75, 3.05) is 13.7 Å². The summed E-state index contributed by atoms with van der Waals surface area (Å²) >= 11 is 0. The van der Waals surface area contributed by atoms with Gasteiger partial charge in [-0.15, -0.1) is 0 Å². The first kappa shape index (κ1) is 13.9. The van der Waals surface area contributed by atoms with Crippen molar-refractivity contribution in [2.45, 2.75) is 31.8 Å². The summed E-state index contributed by atoms with van der Waals surface area (Å²) in [6, 6.07) is 8.00. The molecule has 0 aromatic heterocycles. The molecule has 5 heteroatoms. The molecular weight excluding hydrogens is 268 g/mol. The van der Waals surface area contributed by atoms with E-state index in [0.717, 1.165) is 24.2 Å². The van der Waals surface area contributed by atoms with E-state index in [4.69, 9.17) is 4.74 Å². The van der Waals surface area contributed by atoms with Crippen LogP contribution in [0.3, 0.4) is 0 Å². The number of ether oxygens (including phenoxy) is 1. The van der Waals surface area contributed by atoms with E-state index in [1.54, 1.807) is 7.11 Å². The van der Waals surface area contributed by atoms with Crippen LogP contribution >= 0.6 is 0 Å². The van der Waals surface area contributed by atoms with E-state index >= 15 is 0 Å². The summed E-state index contributed by atoms with van der Waals surface area (Å²) in [5.41, 5.74) is 0.941. The number of likely N-dealkylation sites (tertiary alicyclic amines) is 1. The average Bonchev–Trinajstić information content (AvgIpc) is 3.27. The molecule has 2 fully saturated rings. The van der Waals surface area contributed by atoms with Crippen molar-refractivity contribution in [3.05, 3.63) is 29.8 Å². The molecule has 1 aromatic carbocycles. The first-order chi connectivity index (χ1) is 10.2. The summed E-state index contributed by atoms with van der Waals surface area (Å²) in [6.45, 7) is 0.998. The molecular formula is C16H20N2O3. The lowest BCUT2D eigenvalue weighted by Gasteiger charge is -2.15. The third-order valence-corrected chi connectivity index (χ3v) is 4.16. The zero-order valence-electron chi connectivity index (χ0n) is 12.2. The van der Waals surface area contributed by atoms with E-state index in [9.17, 15) is 9.59 Å². The molecule has 0 unspecified atom stereocenters. The minimum atomic E-state index is -0.215. The lowest BCUT2D eigenvalue weighted by atomic mass is 10.1. The number of benzene rings is 1. The van der Waals surface area contributed by atoms with Crippen molar-refractivity contribution in [1.82, 2.24) is 10.2 Å². The van der Waals surface area contributed by atoms with Crippen LogP contribution in [0.25, 0.3) is 0 Å². The molecule has 0 spiro atoms. The fraction of sp³-hybridized carbons (Fsp3) is 0.500. The number of para-hydroxylation sites is 1. The molecule has 1 aliphatic carbocycles. The minimum absolute atomic E-state index is 0.0441. The lowest BCUT2D eigenvalue weighted by molar-refractivity contribution is -0.129. The number of carbonyl (C=O) groups is 2. The average molecular weight is 288 g/mol. The highest BCUT2D eigenvalue weighted by atomic mass is 16.5. The van der Waals surface area contributed by atoms with Crippen LogP contribution in [0.2, 0.25) is 0 Å². The highest BCUT2D eigenvalue weighted by Gasteiger charge is 2.41. The Labute approximate surface area is 124 Å². The Morgan fingerprint density at radius 1 is 1.38 bits per heavy atom. The van der Waals surface area contributed by atoms with Gasteiger partial charge in [-0.3, -0.25) is 9.59 Å². The molecule has 112 valence electrons. The Balaban J connectivity index is 1.56. The number of methoxy groups -OCH3 is 1. The maximum absolute atomic E-state index is 12.2. The Hall–Kier alpha value is -2.04. The van der Waals surface area contributed by atoms with E-state index in [-0.39, 0.29) is 17.7 Å². The Kier molecular flexibility index (Phi) is 3.82. The molecule has 3 rings (SSSR count). The molecule has 5 nitrogen and oxygen atoms in total. The summed E-state index contributed by atoms with van der Waals surface area (Å²) in [7, 11) is 1.61. The lowest BCUT2D eigenvalue weighted by Crippen LogP contribution is -2.33. The van der Waals surface area contributed by atoms with Crippen LogP contribution in [0.15, 0.2) is 24.3 Å². The predicted molar refractivity (Wildman–Crippen MR) is 77.7 cm³/mol. The molecule has 2 amide bonds. The fourth-order valence-electron chi connectivity index (χ4n) is 2.82. The number of amides is 2. The van der Waals surface area contributed by atoms with E-state index < -0.39 is 0 Å². The monoisotopic (exact) mass is 288 g/mol. The van der Waals surface area contributed by atoms with Gasteiger partial charge >= 0.3 is 0 Å². The standard InChI is InChI=1S/C16H20N2O3/c1-21-14-5-3-2-4-11(14)9-17-16(20)12-8-15(19)18(10-12)13-6-7-13/h2-5,12-13H,6-10H2,1H3,(H,17,20)/t12-/m1/s1. The van der Waals surface area contributed by atoms with E-state index in [2.05, 4.69) is 5.32 Å². The second-order valence-corrected chi connectivity index (χ2v) is 5.71. The molecule has 21 heavy (non-hydrogen) atoms. The van der Waals surface area contributed by atoms with Gasteiger partial charge < -0.3 is 15.0 Å². The Bertz CT molecular complexity index is 554. The molecule has 1 heterocycles. The van der Waals surface area contributed by atoms with Gasteiger partial charge in [0.25, 0.3) is 0 Å². The van der Waals surface area contributed by atoms with Crippen LogP contribution in [0.4, 0.5) is 0 Å². The van der Waals surface area contributed by atoms with Crippen LogP contribution in [0.5, 0.6) is 5.75 Å². The molecule has 1 N–H and O–H groups in total. The topological polar surface area (TPSA) is 58.6 Å². The van der Waals surface area contributed by atoms with E-state index in [1.165, 1.54) is 0 Å². The summed E-state index contributed by atoms with van der Waals surface area (Å²) in [5.74, 6) is 0.625. The highest BCUT2D eigenvalue weighted by molar-refractivity contribution is 5.89. The zero-order valence-corrected chi connectivity index (χ0v) is 12.2. The number of rotatable bonds is 5. The Morgan fingerprint density at radius 2 is 2.14 bits per heavy atom. The SMILES string of the molecule is COc1ccccc1CNC(=O)[C@@H]1CC(=O)N(C2CC2)C1. The van der Waals surface area contributed by atoms with Gasteiger partial charge in [0.2, 0.25) is 11.8 Å². The van der Waals surface area contributed by atoms with Gasteiger partial charge in [-0.1, -0.05) is 18.2 Å². The van der Waals surface area contributed by atoms with Crippen LogP contribution in [-0.4, -0.2) is 36.4 Å². The van der Waals surface area contributed by atoms with Crippen LogP contribution < -0.4 is 10.1 Å². The summed E-state index contributed by atoms with van der Waals surface area (Å²) in [6.07, 6.45) is 2.51. The van der Waals surface area contributed by atoms with Crippen LogP contribution in [0.1, 0.15) is 24.8 Å². The van der Waals surface area contributed by atoms with Crippen molar-refractivity contribution in [1.29, 1.82) is 0 Å². The maximum Gasteiger partial charge on any atom is 0.225 e. The number of hydrogen-bond donors (Lipinski definition) is 1. The molecule has 1 saturated carbocycles. The molecule has 1 aromatic rings. The number of hydrogen-bond acceptors (Lipinski definition) is 3. The third-order valence-electron chi connectivity index (χ3n) is 4.16. The fourth-order valence-corrected chi connectivity index (χ4v) is 2.82. The van der Waals surface area contributed by atoms with Gasteiger partial charge in [0.15, 0.2) is 0 Å². The Morgan fingerprint density at radius 3 is 2.86 bits per heavy atom. The smallest absolute Gasteiger partial charge is 0.225 e. The minimum Gasteiger partial charge on any atom is -0.496 e. The molecule has 0 bridgehead atoms.